The summed E-state index contributed by atoms with van der Waals surface area (Å²) in [5, 5.41) is 17.0. The van der Waals surface area contributed by atoms with Crippen molar-refractivity contribution in [3.63, 3.8) is 0 Å². The Morgan fingerprint density at radius 2 is 2.07 bits per heavy atom. The smallest absolute Gasteiger partial charge is 0.304 e. The molecule has 0 saturated carbocycles. The quantitative estimate of drug-likeness (QED) is 0.724. The van der Waals surface area contributed by atoms with Crippen LogP contribution in [-0.4, -0.2) is 26.8 Å². The minimum atomic E-state index is -1.12. The first-order valence-corrected chi connectivity index (χ1v) is 5.84. The number of carboxylic acids is 1. The van der Waals surface area contributed by atoms with Crippen LogP contribution < -0.4 is 0 Å². The van der Waals surface area contributed by atoms with Crippen LogP contribution in [0.2, 0.25) is 0 Å². The third-order valence-corrected chi connectivity index (χ3v) is 3.12. The van der Waals surface area contributed by atoms with E-state index in [1.165, 1.54) is 0 Å². The molecule has 1 N–H and O–H groups in total. The van der Waals surface area contributed by atoms with Crippen LogP contribution >= 0.6 is 0 Å². The zero-order valence-electron chi connectivity index (χ0n) is 8.45. The molecule has 0 bridgehead atoms. The SMILES string of the molecule is CC(C)(C#N)CCS(=O)CCC(=O)O. The van der Waals surface area contributed by atoms with E-state index in [0.29, 0.717) is 12.2 Å². The summed E-state index contributed by atoms with van der Waals surface area (Å²) in [7, 11) is -1.12. The molecular formula is C9H15NO3S. The first-order chi connectivity index (χ1) is 6.37. The second-order valence-electron chi connectivity index (χ2n) is 3.74. The molecule has 0 fully saturated rings. The molecule has 0 aliphatic carbocycles. The number of carbonyl (C=O) groups is 1. The van der Waals surface area contributed by atoms with Gasteiger partial charge in [-0.15, -0.1) is 0 Å². The highest BCUT2D eigenvalue weighted by Gasteiger charge is 2.17. The third kappa shape index (κ3) is 6.61. The Morgan fingerprint density at radius 3 is 2.50 bits per heavy atom. The van der Waals surface area contributed by atoms with Crippen molar-refractivity contribution in [1.29, 1.82) is 5.26 Å². The molecule has 0 aromatic carbocycles. The Balaban J connectivity index is 3.76. The summed E-state index contributed by atoms with van der Waals surface area (Å²) in [6.07, 6.45) is 0.468. The van der Waals surface area contributed by atoms with Gasteiger partial charge in [0, 0.05) is 22.3 Å². The molecule has 0 radical (unpaired) electrons. The molecule has 0 aromatic rings. The minimum Gasteiger partial charge on any atom is -0.481 e. The molecule has 0 spiro atoms. The number of aliphatic carboxylic acids is 1. The zero-order valence-corrected chi connectivity index (χ0v) is 9.26. The van der Waals surface area contributed by atoms with Gasteiger partial charge in [-0.05, 0) is 20.3 Å². The molecule has 1 atom stereocenters. The maximum atomic E-state index is 11.2. The van der Waals surface area contributed by atoms with E-state index in [4.69, 9.17) is 10.4 Å². The Kier molecular flexibility index (Phi) is 5.39. The van der Waals surface area contributed by atoms with Crippen LogP contribution in [0.15, 0.2) is 0 Å². The summed E-state index contributed by atoms with van der Waals surface area (Å²) in [5.41, 5.74) is -0.473. The highest BCUT2D eigenvalue weighted by molar-refractivity contribution is 7.84. The molecule has 0 aromatic heterocycles. The largest absolute Gasteiger partial charge is 0.481 e. The van der Waals surface area contributed by atoms with E-state index < -0.39 is 22.2 Å². The number of hydrogen-bond acceptors (Lipinski definition) is 3. The zero-order chi connectivity index (χ0) is 11.2. The van der Waals surface area contributed by atoms with Gasteiger partial charge in [0.2, 0.25) is 0 Å². The fourth-order valence-corrected chi connectivity index (χ4v) is 2.07. The predicted molar refractivity (Wildman–Crippen MR) is 54.1 cm³/mol. The summed E-state index contributed by atoms with van der Waals surface area (Å²) in [6, 6.07) is 2.11. The van der Waals surface area contributed by atoms with E-state index in [-0.39, 0.29) is 12.2 Å². The van der Waals surface area contributed by atoms with Gasteiger partial charge in [0.05, 0.1) is 17.9 Å². The first-order valence-electron chi connectivity index (χ1n) is 4.35. The Hall–Kier alpha value is -0.890. The van der Waals surface area contributed by atoms with E-state index in [9.17, 15) is 9.00 Å². The molecule has 5 heteroatoms. The van der Waals surface area contributed by atoms with Crippen molar-refractivity contribution in [2.24, 2.45) is 5.41 Å². The number of nitrogens with zero attached hydrogens (tertiary/aromatic N) is 1. The maximum Gasteiger partial charge on any atom is 0.304 e. The lowest BCUT2D eigenvalue weighted by molar-refractivity contribution is -0.136. The fraction of sp³-hybridized carbons (Fsp3) is 0.778. The van der Waals surface area contributed by atoms with Crippen molar-refractivity contribution in [3.05, 3.63) is 0 Å². The predicted octanol–water partition coefficient (Wildman–Crippen LogP) is 1.15. The van der Waals surface area contributed by atoms with Gasteiger partial charge in [0.25, 0.3) is 0 Å². The van der Waals surface area contributed by atoms with Gasteiger partial charge in [-0.3, -0.25) is 9.00 Å². The fourth-order valence-electron chi connectivity index (χ4n) is 0.728. The average Bonchev–Trinajstić information content (AvgIpc) is 2.11. The summed E-state index contributed by atoms with van der Waals surface area (Å²) in [5.74, 6) is -0.358. The van der Waals surface area contributed by atoms with Crippen molar-refractivity contribution in [2.75, 3.05) is 11.5 Å². The Morgan fingerprint density at radius 1 is 1.50 bits per heavy atom. The number of nitriles is 1. The summed E-state index contributed by atoms with van der Waals surface area (Å²) in [6.45, 7) is 3.56. The minimum absolute atomic E-state index is 0.0698. The molecular weight excluding hydrogens is 202 g/mol. The third-order valence-electron chi connectivity index (χ3n) is 1.80. The maximum absolute atomic E-state index is 11.2. The van der Waals surface area contributed by atoms with Gasteiger partial charge in [-0.1, -0.05) is 0 Å². The molecule has 0 rings (SSSR count). The molecule has 0 amide bonds. The van der Waals surface area contributed by atoms with E-state index in [1.54, 1.807) is 13.8 Å². The van der Waals surface area contributed by atoms with Crippen LogP contribution in [0, 0.1) is 16.7 Å². The molecule has 1 unspecified atom stereocenters. The topological polar surface area (TPSA) is 78.2 Å². The highest BCUT2D eigenvalue weighted by Crippen LogP contribution is 2.18. The van der Waals surface area contributed by atoms with Crippen molar-refractivity contribution in [3.8, 4) is 6.07 Å². The monoisotopic (exact) mass is 217 g/mol. The van der Waals surface area contributed by atoms with Crippen molar-refractivity contribution >= 4 is 16.8 Å². The highest BCUT2D eigenvalue weighted by atomic mass is 32.2. The molecule has 80 valence electrons. The van der Waals surface area contributed by atoms with Gasteiger partial charge >= 0.3 is 5.97 Å². The van der Waals surface area contributed by atoms with Gasteiger partial charge < -0.3 is 5.11 Å². The summed E-state index contributed by atoms with van der Waals surface area (Å²) in [4.78, 5) is 10.2. The van der Waals surface area contributed by atoms with E-state index in [1.807, 2.05) is 0 Å². The lowest BCUT2D eigenvalue weighted by Gasteiger charge is -2.13. The Bertz CT molecular complexity index is 268. The van der Waals surface area contributed by atoms with Crippen LogP contribution in [0.25, 0.3) is 0 Å². The molecule has 0 heterocycles. The van der Waals surface area contributed by atoms with Gasteiger partial charge in [0.15, 0.2) is 0 Å². The van der Waals surface area contributed by atoms with Gasteiger partial charge in [0.1, 0.15) is 0 Å². The van der Waals surface area contributed by atoms with Gasteiger partial charge in [-0.25, -0.2) is 0 Å². The number of carboxylic acid groups (broad SMARTS) is 1. The van der Waals surface area contributed by atoms with Crippen LogP contribution in [0.5, 0.6) is 0 Å². The molecule has 4 nitrogen and oxygen atoms in total. The number of rotatable bonds is 6. The molecule has 0 saturated heterocycles. The van der Waals surface area contributed by atoms with Crippen molar-refractivity contribution in [1.82, 2.24) is 0 Å². The summed E-state index contributed by atoms with van der Waals surface area (Å²) < 4.78 is 11.2. The van der Waals surface area contributed by atoms with E-state index in [0.717, 1.165) is 0 Å². The van der Waals surface area contributed by atoms with Crippen LogP contribution in [-0.2, 0) is 15.6 Å². The number of hydrogen-bond donors (Lipinski definition) is 1. The van der Waals surface area contributed by atoms with Crippen molar-refractivity contribution < 1.29 is 14.1 Å². The van der Waals surface area contributed by atoms with E-state index in [2.05, 4.69) is 6.07 Å². The first kappa shape index (κ1) is 13.1. The summed E-state index contributed by atoms with van der Waals surface area (Å²) >= 11 is 0. The second kappa shape index (κ2) is 5.76. The lowest BCUT2D eigenvalue weighted by atomic mass is 9.93. The second-order valence-corrected chi connectivity index (χ2v) is 5.43. The Labute approximate surface area is 86.4 Å². The lowest BCUT2D eigenvalue weighted by Crippen LogP contribution is -2.15. The normalized spacial score (nSPS) is 13.2. The van der Waals surface area contributed by atoms with Gasteiger partial charge in [-0.2, -0.15) is 5.26 Å². The molecule has 0 aliphatic rings. The van der Waals surface area contributed by atoms with E-state index >= 15 is 0 Å². The molecule has 0 aliphatic heterocycles. The van der Waals surface area contributed by atoms with Crippen molar-refractivity contribution in [2.45, 2.75) is 26.7 Å². The van der Waals surface area contributed by atoms with Crippen LogP contribution in [0.1, 0.15) is 26.7 Å². The van der Waals surface area contributed by atoms with Crippen LogP contribution in [0.4, 0.5) is 0 Å². The molecule has 14 heavy (non-hydrogen) atoms. The standard InChI is InChI=1S/C9H15NO3S/c1-9(2,7-10)4-6-14(13)5-3-8(11)12/h3-6H2,1-2H3,(H,11,12). The average molecular weight is 217 g/mol. The van der Waals surface area contributed by atoms with Crippen LogP contribution in [0.3, 0.4) is 0 Å².